The lowest BCUT2D eigenvalue weighted by Crippen LogP contribution is -1.95. The largest absolute Gasteiger partial charge is 0.144 e. The molecule has 1 aromatic carbocycles. The Kier molecular flexibility index (Phi) is 4.13. The number of alkyl halides is 1. The van der Waals surface area contributed by atoms with Crippen molar-refractivity contribution in [2.75, 3.05) is 0 Å². The van der Waals surface area contributed by atoms with Gasteiger partial charge in [0.2, 0.25) is 0 Å². The maximum absolute atomic E-state index is 6.48. The molecule has 0 nitrogen and oxygen atoms in total. The molecule has 0 spiro atoms. The van der Waals surface area contributed by atoms with E-state index in [0.29, 0.717) is 0 Å². The third-order valence-corrected chi connectivity index (χ3v) is 4.86. The van der Waals surface area contributed by atoms with Crippen LogP contribution in [-0.4, -0.2) is 0 Å². The van der Waals surface area contributed by atoms with Crippen molar-refractivity contribution >= 4 is 34.5 Å². The number of rotatable bonds is 3. The number of benzene rings is 1. The molecule has 1 heterocycles. The summed E-state index contributed by atoms with van der Waals surface area (Å²) in [4.78, 5) is 2.56. The molecule has 0 bridgehead atoms. The molecule has 0 aliphatic rings. The van der Waals surface area contributed by atoms with Crippen LogP contribution >= 0.6 is 34.5 Å². The third kappa shape index (κ3) is 3.04. The summed E-state index contributed by atoms with van der Waals surface area (Å²) in [6.07, 6.45) is 0.780. The predicted octanol–water partition coefficient (Wildman–Crippen LogP) is 5.54. The van der Waals surface area contributed by atoms with Gasteiger partial charge in [0.1, 0.15) is 0 Å². The van der Waals surface area contributed by atoms with Crippen molar-refractivity contribution in [3.63, 3.8) is 0 Å². The molecular formula is C14H14Cl2S. The molecule has 0 aliphatic carbocycles. The fourth-order valence-electron chi connectivity index (χ4n) is 1.92. The summed E-state index contributed by atoms with van der Waals surface area (Å²) in [6.45, 7) is 4.22. The SMILES string of the molecule is Cc1cc(C)c(C(Cl)Cc2ccccc2Cl)s1. The van der Waals surface area contributed by atoms with Gasteiger partial charge in [0.15, 0.2) is 0 Å². The number of thiophene rings is 1. The molecule has 0 saturated heterocycles. The van der Waals surface area contributed by atoms with E-state index >= 15 is 0 Å². The zero-order valence-corrected chi connectivity index (χ0v) is 12.2. The molecule has 0 fully saturated rings. The lowest BCUT2D eigenvalue weighted by Gasteiger charge is -2.10. The van der Waals surface area contributed by atoms with Gasteiger partial charge in [-0.3, -0.25) is 0 Å². The van der Waals surface area contributed by atoms with Crippen LogP contribution in [0.2, 0.25) is 5.02 Å². The van der Waals surface area contributed by atoms with Crippen LogP contribution in [0.3, 0.4) is 0 Å². The Morgan fingerprint density at radius 2 is 1.94 bits per heavy atom. The van der Waals surface area contributed by atoms with E-state index in [4.69, 9.17) is 23.2 Å². The van der Waals surface area contributed by atoms with Crippen molar-refractivity contribution in [2.45, 2.75) is 25.6 Å². The topological polar surface area (TPSA) is 0 Å². The number of hydrogen-bond acceptors (Lipinski definition) is 1. The molecule has 0 N–H and O–H groups in total. The van der Waals surface area contributed by atoms with Gasteiger partial charge in [-0.05, 0) is 43.5 Å². The first kappa shape index (κ1) is 12.9. The smallest absolute Gasteiger partial charge is 0.0722 e. The molecule has 1 atom stereocenters. The molecule has 1 unspecified atom stereocenters. The Morgan fingerprint density at radius 3 is 2.53 bits per heavy atom. The fourth-order valence-corrected chi connectivity index (χ4v) is 3.62. The average Bonchev–Trinajstić information content (AvgIpc) is 2.61. The molecule has 0 aliphatic heterocycles. The highest BCUT2D eigenvalue weighted by Gasteiger charge is 2.15. The second-order valence-electron chi connectivity index (χ2n) is 4.17. The second kappa shape index (κ2) is 5.43. The highest BCUT2D eigenvalue weighted by Crippen LogP contribution is 2.35. The van der Waals surface area contributed by atoms with Gasteiger partial charge >= 0.3 is 0 Å². The Labute approximate surface area is 116 Å². The summed E-state index contributed by atoms with van der Waals surface area (Å²) < 4.78 is 0. The van der Waals surface area contributed by atoms with E-state index in [9.17, 15) is 0 Å². The van der Waals surface area contributed by atoms with Gasteiger partial charge < -0.3 is 0 Å². The number of aryl methyl sites for hydroxylation is 2. The van der Waals surface area contributed by atoms with Gasteiger partial charge in [-0.15, -0.1) is 22.9 Å². The standard InChI is InChI=1S/C14H14Cl2S/c1-9-7-10(2)17-14(9)13(16)8-11-5-3-4-6-12(11)15/h3-7,13H,8H2,1-2H3. The van der Waals surface area contributed by atoms with Crippen molar-refractivity contribution in [3.05, 3.63) is 56.2 Å². The fraction of sp³-hybridized carbons (Fsp3) is 0.286. The summed E-state index contributed by atoms with van der Waals surface area (Å²) in [5.41, 5.74) is 2.39. The Balaban J connectivity index is 2.20. The Morgan fingerprint density at radius 1 is 1.24 bits per heavy atom. The number of halogens is 2. The van der Waals surface area contributed by atoms with Gasteiger partial charge in [-0.2, -0.15) is 0 Å². The van der Waals surface area contributed by atoms with Crippen molar-refractivity contribution in [1.82, 2.24) is 0 Å². The maximum atomic E-state index is 6.48. The van der Waals surface area contributed by atoms with Crippen molar-refractivity contribution in [3.8, 4) is 0 Å². The van der Waals surface area contributed by atoms with Crippen LogP contribution in [0.1, 0.15) is 26.3 Å². The van der Waals surface area contributed by atoms with Crippen LogP contribution in [0.4, 0.5) is 0 Å². The summed E-state index contributed by atoms with van der Waals surface area (Å²) in [7, 11) is 0. The summed E-state index contributed by atoms with van der Waals surface area (Å²) in [5, 5.41) is 0.803. The van der Waals surface area contributed by atoms with Crippen molar-refractivity contribution in [1.29, 1.82) is 0 Å². The molecule has 0 amide bonds. The zero-order chi connectivity index (χ0) is 12.4. The molecule has 3 heteroatoms. The third-order valence-electron chi connectivity index (χ3n) is 2.72. The van der Waals surface area contributed by atoms with Gasteiger partial charge in [-0.25, -0.2) is 0 Å². The van der Waals surface area contributed by atoms with Crippen LogP contribution in [-0.2, 0) is 6.42 Å². The quantitative estimate of drug-likeness (QED) is 0.649. The van der Waals surface area contributed by atoms with E-state index in [-0.39, 0.29) is 5.38 Å². The molecule has 2 rings (SSSR count). The molecule has 0 radical (unpaired) electrons. The van der Waals surface area contributed by atoms with Gasteiger partial charge in [0, 0.05) is 14.8 Å². The average molecular weight is 285 g/mol. The summed E-state index contributed by atoms with van der Waals surface area (Å²) in [6, 6.07) is 10.1. The van der Waals surface area contributed by atoms with Gasteiger partial charge in [0.05, 0.1) is 5.38 Å². The zero-order valence-electron chi connectivity index (χ0n) is 9.84. The van der Waals surface area contributed by atoms with E-state index in [1.54, 1.807) is 11.3 Å². The lowest BCUT2D eigenvalue weighted by atomic mass is 10.1. The van der Waals surface area contributed by atoms with Gasteiger partial charge in [-0.1, -0.05) is 29.8 Å². The highest BCUT2D eigenvalue weighted by molar-refractivity contribution is 7.12. The van der Waals surface area contributed by atoms with Crippen molar-refractivity contribution < 1.29 is 0 Å². The van der Waals surface area contributed by atoms with E-state index in [1.165, 1.54) is 15.3 Å². The van der Waals surface area contributed by atoms with Crippen LogP contribution < -0.4 is 0 Å². The first-order chi connectivity index (χ1) is 8.08. The Bertz CT molecular complexity index is 517. The Hall–Kier alpha value is -0.500. The molecule has 0 saturated carbocycles. The predicted molar refractivity (Wildman–Crippen MR) is 77.5 cm³/mol. The summed E-state index contributed by atoms with van der Waals surface area (Å²) in [5.74, 6) is 0. The summed E-state index contributed by atoms with van der Waals surface area (Å²) >= 11 is 14.4. The lowest BCUT2D eigenvalue weighted by molar-refractivity contribution is 0.932. The molecule has 1 aromatic heterocycles. The van der Waals surface area contributed by atoms with Crippen LogP contribution in [0.5, 0.6) is 0 Å². The first-order valence-electron chi connectivity index (χ1n) is 5.52. The highest BCUT2D eigenvalue weighted by atomic mass is 35.5. The van der Waals surface area contributed by atoms with E-state index in [0.717, 1.165) is 17.0 Å². The van der Waals surface area contributed by atoms with E-state index in [1.807, 2.05) is 24.3 Å². The molecule has 17 heavy (non-hydrogen) atoms. The minimum absolute atomic E-state index is 0.00796. The maximum Gasteiger partial charge on any atom is 0.0722 e. The monoisotopic (exact) mass is 284 g/mol. The minimum Gasteiger partial charge on any atom is -0.144 e. The van der Waals surface area contributed by atoms with E-state index < -0.39 is 0 Å². The van der Waals surface area contributed by atoms with Crippen LogP contribution in [0, 0.1) is 13.8 Å². The van der Waals surface area contributed by atoms with E-state index in [2.05, 4.69) is 19.9 Å². The molecular weight excluding hydrogens is 271 g/mol. The number of hydrogen-bond donors (Lipinski definition) is 0. The van der Waals surface area contributed by atoms with Crippen LogP contribution in [0.25, 0.3) is 0 Å². The molecule has 2 aromatic rings. The normalized spacial score (nSPS) is 12.7. The minimum atomic E-state index is 0.00796. The first-order valence-corrected chi connectivity index (χ1v) is 7.15. The van der Waals surface area contributed by atoms with Crippen LogP contribution in [0.15, 0.2) is 30.3 Å². The van der Waals surface area contributed by atoms with Crippen molar-refractivity contribution in [2.24, 2.45) is 0 Å². The second-order valence-corrected chi connectivity index (χ2v) is 6.39. The molecule has 90 valence electrons. The van der Waals surface area contributed by atoms with Gasteiger partial charge in [0.25, 0.3) is 0 Å².